The molecule has 122 valence electrons. The Morgan fingerprint density at radius 1 is 1.04 bits per heavy atom. The lowest BCUT2D eigenvalue weighted by atomic mass is 9.74. The number of Topliss-reactive ketones (excluding diaryl/α,β-unsaturated/α-hetero) is 1. The van der Waals surface area contributed by atoms with Crippen molar-refractivity contribution < 1.29 is 4.79 Å². The predicted molar refractivity (Wildman–Crippen MR) is 95.8 cm³/mol. The largest absolute Gasteiger partial charge is 0.301 e. The smallest absolute Gasteiger partial charge is 0.135 e. The lowest BCUT2D eigenvalue weighted by Crippen LogP contribution is -2.43. The summed E-state index contributed by atoms with van der Waals surface area (Å²) in [6, 6.07) is 15.3. The van der Waals surface area contributed by atoms with Crippen LogP contribution in [0.5, 0.6) is 0 Å². The summed E-state index contributed by atoms with van der Waals surface area (Å²) in [7, 11) is 0. The average Bonchev–Trinajstić information content (AvgIpc) is 3.09. The molecule has 2 nitrogen and oxygen atoms in total. The highest BCUT2D eigenvalue weighted by molar-refractivity contribution is 6.30. The van der Waals surface area contributed by atoms with E-state index in [4.69, 9.17) is 11.6 Å². The molecule has 0 N–H and O–H groups in total. The summed E-state index contributed by atoms with van der Waals surface area (Å²) in [5.74, 6) is 0.906. The van der Waals surface area contributed by atoms with Gasteiger partial charge in [-0.1, -0.05) is 41.9 Å². The van der Waals surface area contributed by atoms with Gasteiger partial charge in [0, 0.05) is 48.8 Å². The van der Waals surface area contributed by atoms with E-state index < -0.39 is 0 Å². The zero-order valence-corrected chi connectivity index (χ0v) is 14.4. The number of carbonyl (C=O) groups is 1. The summed E-state index contributed by atoms with van der Waals surface area (Å²) in [5.41, 5.74) is 5.87. The van der Waals surface area contributed by atoms with Crippen molar-refractivity contribution in [2.75, 3.05) is 19.6 Å². The van der Waals surface area contributed by atoms with Gasteiger partial charge in [-0.2, -0.15) is 0 Å². The summed E-state index contributed by atoms with van der Waals surface area (Å²) in [6.45, 7) is 2.79. The van der Waals surface area contributed by atoms with E-state index in [1.54, 1.807) is 0 Å². The Kier molecular flexibility index (Phi) is 3.17. The van der Waals surface area contributed by atoms with Crippen LogP contribution in [-0.2, 0) is 10.2 Å². The minimum absolute atomic E-state index is 0.0435. The molecule has 0 aromatic heterocycles. The van der Waals surface area contributed by atoms with Gasteiger partial charge in [-0.25, -0.2) is 0 Å². The third-order valence-electron chi connectivity index (χ3n) is 6.22. The molecule has 1 aliphatic heterocycles. The van der Waals surface area contributed by atoms with Crippen molar-refractivity contribution in [3.63, 3.8) is 0 Å². The molecule has 1 saturated heterocycles. The molecule has 2 atom stereocenters. The third kappa shape index (κ3) is 1.96. The zero-order chi connectivity index (χ0) is 16.3. The number of benzene rings is 2. The van der Waals surface area contributed by atoms with Crippen LogP contribution in [0.2, 0.25) is 5.02 Å². The minimum atomic E-state index is 0.0435. The van der Waals surface area contributed by atoms with Crippen LogP contribution in [0, 0.1) is 0 Å². The zero-order valence-electron chi connectivity index (χ0n) is 13.6. The Balaban J connectivity index is 1.61. The molecule has 0 amide bonds. The summed E-state index contributed by atoms with van der Waals surface area (Å²) >= 11 is 6.35. The van der Waals surface area contributed by atoms with E-state index in [1.165, 1.54) is 22.3 Å². The Morgan fingerprint density at radius 3 is 2.62 bits per heavy atom. The molecule has 0 radical (unpaired) electrons. The molecule has 5 rings (SSSR count). The number of nitrogens with zero attached hydrogens (tertiary/aromatic N) is 1. The molecule has 3 aliphatic rings. The molecule has 24 heavy (non-hydrogen) atoms. The SMILES string of the molecule is O=C1CCN(C[C@@]23C[C@@H](c4ccccc42)c2ccc(Cl)cc23)CC1. The first kappa shape index (κ1) is 14.7. The molecule has 2 bridgehead atoms. The monoisotopic (exact) mass is 337 g/mol. The van der Waals surface area contributed by atoms with Crippen LogP contribution < -0.4 is 0 Å². The molecule has 0 saturated carbocycles. The van der Waals surface area contributed by atoms with E-state index in [0.717, 1.165) is 31.1 Å². The number of piperidine rings is 1. The maximum absolute atomic E-state index is 11.6. The number of hydrogen-bond acceptors (Lipinski definition) is 2. The quantitative estimate of drug-likeness (QED) is 0.821. The van der Waals surface area contributed by atoms with Crippen molar-refractivity contribution in [2.24, 2.45) is 0 Å². The van der Waals surface area contributed by atoms with Crippen LogP contribution in [-0.4, -0.2) is 30.3 Å². The Labute approximate surface area is 147 Å². The fourth-order valence-electron chi connectivity index (χ4n) is 5.16. The lowest BCUT2D eigenvalue weighted by molar-refractivity contribution is -0.121. The molecular weight excluding hydrogens is 318 g/mol. The van der Waals surface area contributed by atoms with Crippen LogP contribution >= 0.6 is 11.6 Å². The topological polar surface area (TPSA) is 20.3 Å². The Hall–Kier alpha value is -1.64. The molecule has 0 spiro atoms. The molecular formula is C21H20ClNO. The number of carbonyl (C=O) groups excluding carboxylic acids is 1. The van der Waals surface area contributed by atoms with Gasteiger partial charge in [-0.3, -0.25) is 4.79 Å². The standard InChI is InChI=1S/C21H20ClNO/c22-14-5-6-17-18-12-21(20(17)11-14,19-4-2-1-3-16(18)19)13-23-9-7-15(24)8-10-23/h1-6,11,18H,7-10,12-13H2/t18-,21-/m0/s1. The maximum atomic E-state index is 11.6. The van der Waals surface area contributed by atoms with Crippen LogP contribution in [0.15, 0.2) is 42.5 Å². The first-order valence-electron chi connectivity index (χ1n) is 8.81. The second-order valence-electron chi connectivity index (χ2n) is 7.47. The summed E-state index contributed by atoms with van der Waals surface area (Å²) in [6.07, 6.45) is 2.54. The number of ketones is 1. The molecule has 2 aromatic carbocycles. The number of halogens is 1. The first-order chi connectivity index (χ1) is 11.7. The van der Waals surface area contributed by atoms with E-state index in [0.29, 0.717) is 24.5 Å². The Morgan fingerprint density at radius 2 is 1.79 bits per heavy atom. The first-order valence-corrected chi connectivity index (χ1v) is 9.18. The number of rotatable bonds is 2. The maximum Gasteiger partial charge on any atom is 0.135 e. The normalized spacial score (nSPS) is 28.0. The van der Waals surface area contributed by atoms with Crippen molar-refractivity contribution in [3.05, 3.63) is 69.7 Å². The molecule has 0 unspecified atom stereocenters. The van der Waals surface area contributed by atoms with E-state index in [-0.39, 0.29) is 5.41 Å². The molecule has 2 aromatic rings. The second-order valence-corrected chi connectivity index (χ2v) is 7.91. The highest BCUT2D eigenvalue weighted by Gasteiger charge is 2.53. The van der Waals surface area contributed by atoms with E-state index in [2.05, 4.69) is 41.3 Å². The third-order valence-corrected chi connectivity index (χ3v) is 6.45. The molecule has 3 heteroatoms. The molecule has 1 fully saturated rings. The van der Waals surface area contributed by atoms with E-state index in [9.17, 15) is 4.79 Å². The molecule has 2 aliphatic carbocycles. The Bertz CT molecular complexity index is 835. The average molecular weight is 338 g/mol. The summed E-state index contributed by atoms with van der Waals surface area (Å²) < 4.78 is 0. The predicted octanol–water partition coefficient (Wildman–Crippen LogP) is 4.14. The van der Waals surface area contributed by atoms with E-state index in [1.807, 2.05) is 6.07 Å². The fraction of sp³-hybridized carbons (Fsp3) is 0.381. The van der Waals surface area contributed by atoms with Gasteiger partial charge >= 0.3 is 0 Å². The van der Waals surface area contributed by atoms with Crippen LogP contribution in [0.25, 0.3) is 0 Å². The minimum Gasteiger partial charge on any atom is -0.301 e. The second kappa shape index (κ2) is 5.18. The van der Waals surface area contributed by atoms with Crippen LogP contribution in [0.4, 0.5) is 0 Å². The number of likely N-dealkylation sites (tertiary alicyclic amines) is 1. The fourth-order valence-corrected chi connectivity index (χ4v) is 5.33. The molecule has 1 heterocycles. The highest BCUT2D eigenvalue weighted by Crippen LogP contribution is 2.60. The van der Waals surface area contributed by atoms with Gasteiger partial charge in [0.2, 0.25) is 0 Å². The van der Waals surface area contributed by atoms with Crippen molar-refractivity contribution in [1.82, 2.24) is 4.90 Å². The van der Waals surface area contributed by atoms with Gasteiger partial charge in [0.05, 0.1) is 0 Å². The van der Waals surface area contributed by atoms with Gasteiger partial charge in [-0.05, 0) is 40.8 Å². The number of hydrogen-bond donors (Lipinski definition) is 0. The summed E-state index contributed by atoms with van der Waals surface area (Å²) in [5, 5.41) is 0.826. The van der Waals surface area contributed by atoms with Gasteiger partial charge < -0.3 is 4.90 Å². The van der Waals surface area contributed by atoms with Crippen molar-refractivity contribution >= 4 is 17.4 Å². The van der Waals surface area contributed by atoms with Gasteiger partial charge in [-0.15, -0.1) is 0 Å². The number of fused-ring (bicyclic) bond motifs is 8. The highest BCUT2D eigenvalue weighted by atomic mass is 35.5. The van der Waals surface area contributed by atoms with Crippen molar-refractivity contribution in [2.45, 2.75) is 30.6 Å². The van der Waals surface area contributed by atoms with Crippen molar-refractivity contribution in [1.29, 1.82) is 0 Å². The van der Waals surface area contributed by atoms with Gasteiger partial charge in [0.1, 0.15) is 5.78 Å². The lowest BCUT2D eigenvalue weighted by Gasteiger charge is -2.38. The van der Waals surface area contributed by atoms with Crippen LogP contribution in [0.1, 0.15) is 47.4 Å². The van der Waals surface area contributed by atoms with Crippen LogP contribution in [0.3, 0.4) is 0 Å². The van der Waals surface area contributed by atoms with Gasteiger partial charge in [0.15, 0.2) is 0 Å². The van der Waals surface area contributed by atoms with E-state index >= 15 is 0 Å². The van der Waals surface area contributed by atoms with Crippen molar-refractivity contribution in [3.8, 4) is 0 Å². The van der Waals surface area contributed by atoms with Gasteiger partial charge in [0.25, 0.3) is 0 Å². The summed E-state index contributed by atoms with van der Waals surface area (Å²) in [4.78, 5) is 14.1.